The lowest BCUT2D eigenvalue weighted by Gasteiger charge is -2.37. The molecule has 1 aromatic carbocycles. The highest BCUT2D eigenvalue weighted by Crippen LogP contribution is 2.55. The maximum absolute atomic E-state index is 13.3. The van der Waals surface area contributed by atoms with Gasteiger partial charge in [0.15, 0.2) is 0 Å². The van der Waals surface area contributed by atoms with E-state index in [1.807, 2.05) is 18.2 Å². The fourth-order valence-corrected chi connectivity index (χ4v) is 7.50. The highest BCUT2D eigenvalue weighted by Gasteiger charge is 2.48. The number of allylic oxidation sites excluding steroid dienone is 4. The molecule has 2 atom stereocenters. The van der Waals surface area contributed by atoms with Crippen LogP contribution in [0.25, 0.3) is 10.9 Å². The second-order valence-electron chi connectivity index (χ2n) is 11.4. The number of aliphatic carboxylic acids is 1. The molecule has 1 fully saturated rings. The Bertz CT molecular complexity index is 1600. The van der Waals surface area contributed by atoms with Gasteiger partial charge in [-0.25, -0.2) is 13.1 Å². The molecule has 1 aromatic heterocycles. The lowest BCUT2D eigenvalue weighted by molar-refractivity contribution is -0.142. The average molecular weight is 551 g/mol. The van der Waals surface area contributed by atoms with Gasteiger partial charge in [-0.05, 0) is 55.9 Å². The predicted octanol–water partition coefficient (Wildman–Crippen LogP) is 4.67. The highest BCUT2D eigenvalue weighted by atomic mass is 32.2. The van der Waals surface area contributed by atoms with Crippen molar-refractivity contribution in [2.75, 3.05) is 7.11 Å². The molecule has 0 bridgehead atoms. The minimum absolute atomic E-state index is 0.360. The monoisotopic (exact) mass is 550 g/mol. The Hall–Kier alpha value is -3.17. The van der Waals surface area contributed by atoms with Crippen molar-refractivity contribution >= 4 is 32.8 Å². The molecule has 2 aromatic rings. The number of carboxylic acid groups (broad SMARTS) is 1. The average Bonchev–Trinajstić information content (AvgIpc) is 3.55. The van der Waals surface area contributed by atoms with Gasteiger partial charge in [0.05, 0.1) is 27.9 Å². The van der Waals surface area contributed by atoms with Crippen LogP contribution >= 0.6 is 0 Å². The molecule has 9 heteroatoms. The number of carboxylic acids is 1. The molecule has 1 unspecified atom stereocenters. The van der Waals surface area contributed by atoms with Gasteiger partial charge in [-0.3, -0.25) is 9.59 Å². The lowest BCUT2D eigenvalue weighted by Crippen LogP contribution is -2.35. The summed E-state index contributed by atoms with van der Waals surface area (Å²) in [5.74, 6) is -2.69. The van der Waals surface area contributed by atoms with Gasteiger partial charge in [0, 0.05) is 36.2 Å². The number of carbonyl (C=O) groups is 2. The van der Waals surface area contributed by atoms with Gasteiger partial charge in [-0.1, -0.05) is 49.6 Å². The summed E-state index contributed by atoms with van der Waals surface area (Å²) in [6, 6.07) is 8.30. The van der Waals surface area contributed by atoms with Crippen LogP contribution < -0.4 is 4.72 Å². The molecular formula is C30H34N2O6S. The third-order valence-electron chi connectivity index (χ3n) is 9.03. The summed E-state index contributed by atoms with van der Waals surface area (Å²) < 4.78 is 35.6. The Morgan fingerprint density at radius 2 is 1.92 bits per heavy atom. The van der Waals surface area contributed by atoms with Crippen molar-refractivity contribution < 1.29 is 27.9 Å². The summed E-state index contributed by atoms with van der Waals surface area (Å²) in [7, 11) is -2.05. The number of sulfonamides is 1. The van der Waals surface area contributed by atoms with Crippen molar-refractivity contribution in [1.82, 2.24) is 9.29 Å². The van der Waals surface area contributed by atoms with Crippen LogP contribution in [0.5, 0.6) is 0 Å². The van der Waals surface area contributed by atoms with Gasteiger partial charge in [0.1, 0.15) is 0 Å². The van der Waals surface area contributed by atoms with Crippen LogP contribution in [0, 0.1) is 5.92 Å². The van der Waals surface area contributed by atoms with E-state index in [4.69, 9.17) is 4.74 Å². The topological polar surface area (TPSA) is 115 Å². The number of methoxy groups -OCH3 is 1. The van der Waals surface area contributed by atoms with Crippen molar-refractivity contribution in [3.63, 3.8) is 0 Å². The number of aromatic nitrogens is 1. The number of hydrogen-bond donors (Lipinski definition) is 2. The number of hydrogen-bond acceptors (Lipinski definition) is 5. The zero-order valence-corrected chi connectivity index (χ0v) is 23.3. The Morgan fingerprint density at radius 3 is 2.59 bits per heavy atom. The Kier molecular flexibility index (Phi) is 6.15. The smallest absolute Gasteiger partial charge is 0.307 e. The van der Waals surface area contributed by atoms with Gasteiger partial charge in [0.2, 0.25) is 10.0 Å². The number of fused-ring (bicyclic) bond motifs is 6. The molecular weight excluding hydrogens is 516 g/mol. The standard InChI is InChI=1S/C30H34N2O6S/c1-17(2)39(36,37)31-28(33)26-21-16-32-23(24-19(25(21)26)10-8-11-20(24)29(34)35)15-18-9-7-12-22(27(18)32)30(38-3)13-5-4-6-14-30/h7-10,12,15,17,20,24H,4-6,11,13-14,16H2,1-3H3,(H,31,33)(H,34,35)/t20-,24?/m1/s1. The van der Waals surface area contributed by atoms with Gasteiger partial charge in [-0.2, -0.15) is 0 Å². The SMILES string of the molecule is COC1(c2cccc3cc4n(c23)CC2=C(C(=O)NS(=O)(=O)C(C)C)C2=C2C=CC[C@@H](C(=O)O)C24)CCCCC1. The summed E-state index contributed by atoms with van der Waals surface area (Å²) in [5, 5.41) is 10.5. The number of benzene rings is 1. The molecule has 2 N–H and O–H groups in total. The fraction of sp³-hybridized carbons (Fsp3) is 0.467. The molecule has 6 rings (SSSR count). The van der Waals surface area contributed by atoms with Crippen LogP contribution in [0.4, 0.5) is 0 Å². The summed E-state index contributed by atoms with van der Waals surface area (Å²) >= 11 is 0. The molecule has 4 aliphatic rings. The van der Waals surface area contributed by atoms with E-state index in [2.05, 4.69) is 27.5 Å². The number of nitrogens with zero attached hydrogens (tertiary/aromatic N) is 1. The number of nitrogens with one attached hydrogen (secondary N) is 1. The van der Waals surface area contributed by atoms with E-state index in [-0.39, 0.29) is 0 Å². The molecule has 2 heterocycles. The van der Waals surface area contributed by atoms with Gasteiger partial charge < -0.3 is 14.4 Å². The van der Waals surface area contributed by atoms with E-state index in [1.165, 1.54) is 20.3 Å². The summed E-state index contributed by atoms with van der Waals surface area (Å²) in [6.45, 7) is 3.41. The number of rotatable bonds is 6. The van der Waals surface area contributed by atoms with Crippen LogP contribution in [-0.2, 0) is 36.5 Å². The van der Waals surface area contributed by atoms with Crippen LogP contribution in [-0.4, -0.2) is 42.3 Å². The Morgan fingerprint density at radius 1 is 1.18 bits per heavy atom. The minimum Gasteiger partial charge on any atom is -0.481 e. The van der Waals surface area contributed by atoms with E-state index in [1.54, 1.807) is 7.11 Å². The van der Waals surface area contributed by atoms with Gasteiger partial charge in [-0.15, -0.1) is 0 Å². The van der Waals surface area contributed by atoms with Crippen LogP contribution in [0.1, 0.15) is 69.5 Å². The van der Waals surface area contributed by atoms with Gasteiger partial charge in [0.25, 0.3) is 5.91 Å². The molecule has 1 saturated carbocycles. The quantitative estimate of drug-likeness (QED) is 0.541. The van der Waals surface area contributed by atoms with Crippen LogP contribution in [0.2, 0.25) is 0 Å². The zero-order chi connectivity index (χ0) is 27.7. The summed E-state index contributed by atoms with van der Waals surface area (Å²) in [5.41, 5.74) is 5.18. The summed E-state index contributed by atoms with van der Waals surface area (Å²) in [4.78, 5) is 25.8. The molecule has 0 saturated heterocycles. The Balaban J connectivity index is 1.56. The second kappa shape index (κ2) is 9.20. The van der Waals surface area contributed by atoms with E-state index in [0.29, 0.717) is 24.1 Å². The number of para-hydroxylation sites is 1. The maximum Gasteiger partial charge on any atom is 0.307 e. The second-order valence-corrected chi connectivity index (χ2v) is 13.7. The maximum atomic E-state index is 13.3. The van der Waals surface area contributed by atoms with E-state index < -0.39 is 44.6 Å². The van der Waals surface area contributed by atoms with Crippen molar-refractivity contribution in [2.45, 2.75) is 75.7 Å². The van der Waals surface area contributed by atoms with E-state index in [9.17, 15) is 23.1 Å². The number of ether oxygens (including phenoxy) is 1. The van der Waals surface area contributed by atoms with Crippen molar-refractivity contribution in [3.8, 4) is 0 Å². The summed E-state index contributed by atoms with van der Waals surface area (Å²) in [6.07, 6.45) is 9.28. The first-order chi connectivity index (χ1) is 18.6. The van der Waals surface area contributed by atoms with E-state index >= 15 is 0 Å². The largest absolute Gasteiger partial charge is 0.481 e. The molecule has 0 spiro atoms. The molecule has 1 aliphatic heterocycles. The van der Waals surface area contributed by atoms with Crippen molar-refractivity contribution in [3.05, 3.63) is 70.0 Å². The third-order valence-corrected chi connectivity index (χ3v) is 10.7. The first-order valence-electron chi connectivity index (χ1n) is 13.7. The number of carbonyl (C=O) groups excluding carboxylic acids is 1. The fourth-order valence-electron chi connectivity index (χ4n) is 6.90. The molecule has 0 radical (unpaired) electrons. The van der Waals surface area contributed by atoms with Crippen LogP contribution in [0.15, 0.2) is 58.7 Å². The highest BCUT2D eigenvalue weighted by molar-refractivity contribution is 7.90. The first-order valence-corrected chi connectivity index (χ1v) is 15.3. The minimum atomic E-state index is -3.82. The molecule has 39 heavy (non-hydrogen) atoms. The Labute approximate surface area is 228 Å². The molecule has 206 valence electrons. The normalized spacial score (nSPS) is 23.8. The molecule has 8 nitrogen and oxygen atoms in total. The molecule has 3 aliphatic carbocycles. The lowest BCUT2D eigenvalue weighted by atomic mass is 9.76. The predicted molar refractivity (Wildman–Crippen MR) is 148 cm³/mol. The van der Waals surface area contributed by atoms with Crippen molar-refractivity contribution in [2.24, 2.45) is 5.92 Å². The van der Waals surface area contributed by atoms with Crippen LogP contribution in [0.3, 0.4) is 0 Å². The van der Waals surface area contributed by atoms with Gasteiger partial charge >= 0.3 is 5.97 Å². The van der Waals surface area contributed by atoms with Crippen molar-refractivity contribution in [1.29, 1.82) is 0 Å². The number of amides is 1. The van der Waals surface area contributed by atoms with E-state index in [0.717, 1.165) is 59.0 Å². The zero-order valence-electron chi connectivity index (χ0n) is 22.5. The first kappa shape index (κ1) is 26.1. The molecule has 1 amide bonds. The third kappa shape index (κ3) is 4.00.